The van der Waals surface area contributed by atoms with E-state index < -0.39 is 17.7 Å². The van der Waals surface area contributed by atoms with Crippen molar-refractivity contribution in [2.45, 2.75) is 19.4 Å². The predicted octanol–water partition coefficient (Wildman–Crippen LogP) is 2.31. The molecule has 0 bridgehead atoms. The zero-order chi connectivity index (χ0) is 24.0. The highest BCUT2D eigenvalue weighted by Crippen LogP contribution is 2.13. The summed E-state index contributed by atoms with van der Waals surface area (Å²) in [5.74, 6) is -2.04. The predicted molar refractivity (Wildman–Crippen MR) is 125 cm³/mol. The lowest BCUT2D eigenvalue weighted by Crippen LogP contribution is -2.37. The van der Waals surface area contributed by atoms with Crippen molar-refractivity contribution >= 4 is 34.9 Å². The molecular weight excluding hydrogens is 447 g/mol. The summed E-state index contributed by atoms with van der Waals surface area (Å²) in [5, 5.41) is 3.11. The Morgan fingerprint density at radius 3 is 2.64 bits per heavy atom. The van der Waals surface area contributed by atoms with Crippen molar-refractivity contribution in [2.75, 3.05) is 20.3 Å². The van der Waals surface area contributed by atoms with E-state index in [0.29, 0.717) is 36.0 Å². The summed E-state index contributed by atoms with van der Waals surface area (Å²) in [6.07, 6.45) is 0.905. The van der Waals surface area contributed by atoms with Gasteiger partial charge in [0, 0.05) is 32.4 Å². The van der Waals surface area contributed by atoms with Gasteiger partial charge in [0.25, 0.3) is 11.5 Å². The fourth-order valence-corrected chi connectivity index (χ4v) is 3.75. The highest BCUT2D eigenvalue weighted by molar-refractivity contribution is 7.71. The Kier molecular flexibility index (Phi) is 8.07. The molecule has 2 aromatic carbocycles. The van der Waals surface area contributed by atoms with Crippen LogP contribution in [0.3, 0.4) is 0 Å². The average Bonchev–Trinajstić information content (AvgIpc) is 2.79. The van der Waals surface area contributed by atoms with Gasteiger partial charge >= 0.3 is 0 Å². The molecular formula is C23H25FN4O4S. The molecule has 1 unspecified atom stereocenters. The molecule has 33 heavy (non-hydrogen) atoms. The Morgan fingerprint density at radius 2 is 1.97 bits per heavy atom. The number of benzene rings is 2. The van der Waals surface area contributed by atoms with Crippen LogP contribution in [0.15, 0.2) is 47.3 Å². The fourth-order valence-electron chi connectivity index (χ4n) is 3.46. The molecule has 3 rings (SSSR count). The third kappa shape index (κ3) is 6.11. The molecule has 0 saturated carbocycles. The molecule has 3 aromatic rings. The minimum Gasteiger partial charge on any atom is -0.385 e. The second-order valence-corrected chi connectivity index (χ2v) is 8.02. The van der Waals surface area contributed by atoms with Crippen LogP contribution in [0.4, 0.5) is 4.39 Å². The van der Waals surface area contributed by atoms with Crippen molar-refractivity contribution in [3.8, 4) is 0 Å². The largest absolute Gasteiger partial charge is 0.385 e. The number of aromatic amines is 1. The molecule has 4 N–H and O–H groups in total. The van der Waals surface area contributed by atoms with Gasteiger partial charge in [-0.25, -0.2) is 4.39 Å². The highest BCUT2D eigenvalue weighted by atomic mass is 32.1. The highest BCUT2D eigenvalue weighted by Gasteiger charge is 2.18. The van der Waals surface area contributed by atoms with E-state index in [2.05, 4.69) is 10.3 Å². The topological polar surface area (TPSA) is 119 Å². The molecule has 0 aliphatic carbocycles. The second-order valence-electron chi connectivity index (χ2n) is 7.63. The van der Waals surface area contributed by atoms with Gasteiger partial charge < -0.3 is 20.8 Å². The quantitative estimate of drug-likeness (QED) is 0.309. The molecule has 0 aliphatic heterocycles. The van der Waals surface area contributed by atoms with Gasteiger partial charge in [-0.15, -0.1) is 0 Å². The summed E-state index contributed by atoms with van der Waals surface area (Å²) in [6.45, 7) is 0.940. The van der Waals surface area contributed by atoms with E-state index in [0.717, 1.165) is 5.56 Å². The van der Waals surface area contributed by atoms with Gasteiger partial charge in [-0.3, -0.25) is 19.0 Å². The number of carbonyl (C=O) groups excluding carboxylic acids is 2. The van der Waals surface area contributed by atoms with E-state index in [1.807, 2.05) is 0 Å². The Hall–Kier alpha value is -3.37. The number of fused-ring (bicyclic) bond motifs is 1. The number of amides is 2. The number of ether oxygens (including phenoxy) is 1. The number of H-pyrrole nitrogens is 1. The number of carbonyl (C=O) groups is 2. The SMILES string of the molecule is COCCCn1c(=S)[nH]c2cc(C(=O)NCC(Cc3ccc(F)cc3)C(N)=O)ccc2c1=O. The molecule has 1 aromatic heterocycles. The molecule has 2 amide bonds. The minimum absolute atomic E-state index is 0.0146. The zero-order valence-corrected chi connectivity index (χ0v) is 18.9. The number of hydrogen-bond donors (Lipinski definition) is 3. The van der Waals surface area contributed by atoms with Crippen LogP contribution in [-0.2, 0) is 22.5 Å². The molecule has 0 aliphatic rings. The van der Waals surface area contributed by atoms with Gasteiger partial charge in [0.1, 0.15) is 5.82 Å². The van der Waals surface area contributed by atoms with E-state index >= 15 is 0 Å². The summed E-state index contributed by atoms with van der Waals surface area (Å²) >= 11 is 5.30. The molecule has 174 valence electrons. The average molecular weight is 473 g/mol. The molecule has 0 spiro atoms. The van der Waals surface area contributed by atoms with Gasteiger partial charge in [-0.2, -0.15) is 0 Å². The first-order chi connectivity index (χ1) is 15.8. The molecule has 10 heteroatoms. The number of rotatable bonds is 10. The van der Waals surface area contributed by atoms with Crippen molar-refractivity contribution in [3.63, 3.8) is 0 Å². The zero-order valence-electron chi connectivity index (χ0n) is 18.1. The van der Waals surface area contributed by atoms with Crippen LogP contribution in [0.25, 0.3) is 10.9 Å². The van der Waals surface area contributed by atoms with E-state index in [9.17, 15) is 18.8 Å². The van der Waals surface area contributed by atoms with Crippen LogP contribution in [0.1, 0.15) is 22.3 Å². The van der Waals surface area contributed by atoms with Gasteiger partial charge in [0.15, 0.2) is 4.77 Å². The maximum Gasteiger partial charge on any atom is 0.262 e. The lowest BCUT2D eigenvalue weighted by Gasteiger charge is -2.15. The van der Waals surface area contributed by atoms with Crippen molar-refractivity contribution in [1.82, 2.24) is 14.9 Å². The first-order valence-electron chi connectivity index (χ1n) is 10.4. The maximum absolute atomic E-state index is 13.1. The normalized spacial score (nSPS) is 11.9. The number of halogens is 1. The maximum atomic E-state index is 13.1. The number of hydrogen-bond acceptors (Lipinski definition) is 5. The minimum atomic E-state index is -0.662. The number of nitrogens with zero attached hydrogens (tertiary/aromatic N) is 1. The van der Waals surface area contributed by atoms with Crippen molar-refractivity contribution in [3.05, 3.63) is 74.5 Å². The van der Waals surface area contributed by atoms with Crippen LogP contribution < -0.4 is 16.6 Å². The Balaban J connectivity index is 1.74. The smallest absolute Gasteiger partial charge is 0.262 e. The summed E-state index contributed by atoms with van der Waals surface area (Å²) in [7, 11) is 1.59. The molecule has 0 radical (unpaired) electrons. The monoisotopic (exact) mass is 472 g/mol. The molecule has 8 nitrogen and oxygen atoms in total. The van der Waals surface area contributed by atoms with Crippen molar-refractivity contribution in [2.24, 2.45) is 11.7 Å². The summed E-state index contributed by atoms with van der Waals surface area (Å²) in [4.78, 5) is 40.3. The molecule has 0 fully saturated rings. The lowest BCUT2D eigenvalue weighted by atomic mass is 9.98. The number of nitrogens with two attached hydrogens (primary N) is 1. The van der Waals surface area contributed by atoms with Crippen LogP contribution >= 0.6 is 12.2 Å². The molecule has 1 atom stereocenters. The van der Waals surface area contributed by atoms with Crippen LogP contribution in [0, 0.1) is 16.5 Å². The van der Waals surface area contributed by atoms with Crippen LogP contribution in [0.2, 0.25) is 0 Å². The van der Waals surface area contributed by atoms with Crippen LogP contribution in [0.5, 0.6) is 0 Å². The Labute approximate surface area is 194 Å². The standard InChI is InChI=1S/C23H25FN4O4S/c1-32-10-2-9-28-22(31)18-8-5-15(12-19(18)27-23(28)33)21(30)26-13-16(20(25)29)11-14-3-6-17(24)7-4-14/h3-8,12,16H,2,9-11,13H2,1H3,(H2,25,29)(H,26,30)(H,27,33). The number of nitrogens with one attached hydrogen (secondary N) is 2. The van der Waals surface area contributed by atoms with E-state index in [1.54, 1.807) is 31.4 Å². The van der Waals surface area contributed by atoms with E-state index in [-0.39, 0.29) is 29.1 Å². The Bertz CT molecular complexity index is 1270. The number of aromatic nitrogens is 2. The molecule has 0 saturated heterocycles. The van der Waals surface area contributed by atoms with Gasteiger partial charge in [-0.1, -0.05) is 12.1 Å². The van der Waals surface area contributed by atoms with Gasteiger partial charge in [0.05, 0.1) is 16.8 Å². The van der Waals surface area contributed by atoms with Gasteiger partial charge in [0.2, 0.25) is 5.91 Å². The summed E-state index contributed by atoms with van der Waals surface area (Å²) in [6, 6.07) is 10.4. The Morgan fingerprint density at radius 1 is 1.24 bits per heavy atom. The number of methoxy groups -OCH3 is 1. The third-order valence-corrected chi connectivity index (χ3v) is 5.60. The van der Waals surface area contributed by atoms with Gasteiger partial charge in [-0.05, 0) is 61.0 Å². The third-order valence-electron chi connectivity index (χ3n) is 5.28. The van der Waals surface area contributed by atoms with Crippen LogP contribution in [-0.4, -0.2) is 41.6 Å². The first-order valence-corrected chi connectivity index (χ1v) is 10.8. The molecule has 1 heterocycles. The summed E-state index contributed by atoms with van der Waals surface area (Å²) < 4.78 is 19.8. The lowest BCUT2D eigenvalue weighted by molar-refractivity contribution is -0.121. The van der Waals surface area contributed by atoms with E-state index in [1.165, 1.54) is 22.8 Å². The second kappa shape index (κ2) is 11.0. The summed E-state index contributed by atoms with van der Waals surface area (Å²) in [5.41, 5.74) is 6.71. The van der Waals surface area contributed by atoms with Crippen molar-refractivity contribution in [1.29, 1.82) is 0 Å². The van der Waals surface area contributed by atoms with E-state index in [4.69, 9.17) is 22.7 Å². The number of primary amides is 1. The van der Waals surface area contributed by atoms with Crippen molar-refractivity contribution < 1.29 is 18.7 Å². The fraction of sp³-hybridized carbons (Fsp3) is 0.304. The first kappa shape index (κ1) is 24.3.